The van der Waals surface area contributed by atoms with Crippen LogP contribution in [0.3, 0.4) is 0 Å². The van der Waals surface area contributed by atoms with Gasteiger partial charge in [-0.15, -0.1) is 0 Å². The fourth-order valence-corrected chi connectivity index (χ4v) is 4.03. The lowest BCUT2D eigenvalue weighted by Crippen LogP contribution is -2.48. The summed E-state index contributed by atoms with van der Waals surface area (Å²) >= 11 is 5.87. The van der Waals surface area contributed by atoms with Gasteiger partial charge in [0.05, 0.1) is 0 Å². The number of hydrogen-bond donors (Lipinski definition) is 1. The summed E-state index contributed by atoms with van der Waals surface area (Å²) in [6, 6.07) is 7.37. The number of carbonyl (C=O) groups is 1. The van der Waals surface area contributed by atoms with Crippen LogP contribution in [0.5, 0.6) is 5.75 Å². The van der Waals surface area contributed by atoms with Gasteiger partial charge in [-0.25, -0.2) is 0 Å². The Hall–Kier alpha value is -1.26. The Morgan fingerprint density at radius 2 is 1.84 bits per heavy atom. The van der Waals surface area contributed by atoms with Gasteiger partial charge in [0.2, 0.25) is 0 Å². The highest BCUT2D eigenvalue weighted by Crippen LogP contribution is 2.26. The number of benzene rings is 1. The van der Waals surface area contributed by atoms with Crippen LogP contribution in [0.15, 0.2) is 24.3 Å². The van der Waals surface area contributed by atoms with Crippen molar-refractivity contribution in [3.05, 3.63) is 29.3 Å². The molecular weight excluding hydrogens is 336 g/mol. The monoisotopic (exact) mass is 364 g/mol. The minimum absolute atomic E-state index is 0.0378. The molecule has 1 aromatic rings. The van der Waals surface area contributed by atoms with Crippen molar-refractivity contribution in [1.82, 2.24) is 10.2 Å². The molecule has 1 aliphatic heterocycles. The van der Waals surface area contributed by atoms with Gasteiger partial charge >= 0.3 is 0 Å². The summed E-state index contributed by atoms with van der Waals surface area (Å²) in [6.45, 7) is 5.22. The third-order valence-electron chi connectivity index (χ3n) is 5.42. The van der Waals surface area contributed by atoms with Crippen LogP contribution in [0, 0.1) is 5.92 Å². The van der Waals surface area contributed by atoms with Crippen molar-refractivity contribution in [2.24, 2.45) is 5.92 Å². The van der Waals surface area contributed by atoms with Crippen LogP contribution < -0.4 is 10.1 Å². The van der Waals surface area contributed by atoms with Crippen molar-refractivity contribution in [2.75, 3.05) is 19.6 Å². The number of likely N-dealkylation sites (tertiary alicyclic amines) is 1. The fraction of sp³-hybridized carbons (Fsp3) is 0.650. The summed E-state index contributed by atoms with van der Waals surface area (Å²) in [5, 5.41) is 3.81. The van der Waals surface area contributed by atoms with Crippen LogP contribution in [0.1, 0.15) is 45.4 Å². The van der Waals surface area contributed by atoms with E-state index < -0.39 is 6.10 Å². The van der Waals surface area contributed by atoms with Gasteiger partial charge in [-0.2, -0.15) is 0 Å². The van der Waals surface area contributed by atoms with Crippen molar-refractivity contribution in [3.8, 4) is 5.75 Å². The van der Waals surface area contributed by atoms with Gasteiger partial charge in [-0.05, 0) is 62.8 Å². The van der Waals surface area contributed by atoms with E-state index in [0.717, 1.165) is 31.8 Å². The van der Waals surface area contributed by atoms with Crippen LogP contribution in [-0.4, -0.2) is 42.6 Å². The predicted octanol–water partition coefficient (Wildman–Crippen LogP) is 3.88. The number of rotatable bonds is 6. The Kier molecular flexibility index (Phi) is 6.60. The molecule has 1 heterocycles. The maximum atomic E-state index is 12.4. The van der Waals surface area contributed by atoms with Crippen LogP contribution >= 0.6 is 11.6 Å². The van der Waals surface area contributed by atoms with Crippen molar-refractivity contribution in [1.29, 1.82) is 0 Å². The van der Waals surface area contributed by atoms with Crippen molar-refractivity contribution in [2.45, 2.75) is 57.6 Å². The molecule has 25 heavy (non-hydrogen) atoms. The summed E-state index contributed by atoms with van der Waals surface area (Å²) in [7, 11) is 0. The fourth-order valence-electron chi connectivity index (χ4n) is 3.91. The molecule has 1 saturated carbocycles. The first-order chi connectivity index (χ1) is 12.1. The van der Waals surface area contributed by atoms with Gasteiger partial charge in [-0.1, -0.05) is 24.4 Å². The summed E-state index contributed by atoms with van der Waals surface area (Å²) in [4.78, 5) is 14.9. The Morgan fingerprint density at radius 3 is 2.48 bits per heavy atom. The number of ether oxygens (including phenoxy) is 1. The number of nitrogens with one attached hydrogen (secondary N) is 1. The third kappa shape index (κ3) is 5.61. The summed E-state index contributed by atoms with van der Waals surface area (Å²) in [5.41, 5.74) is 0. The summed E-state index contributed by atoms with van der Waals surface area (Å²) < 4.78 is 5.70. The second-order valence-corrected chi connectivity index (χ2v) is 7.88. The molecule has 1 aliphatic carbocycles. The van der Waals surface area contributed by atoms with Gasteiger partial charge in [0.25, 0.3) is 5.91 Å². The molecule has 3 rings (SSSR count). The first kappa shape index (κ1) is 18.5. The number of amides is 1. The topological polar surface area (TPSA) is 41.6 Å². The van der Waals surface area contributed by atoms with E-state index in [1.54, 1.807) is 31.2 Å². The van der Waals surface area contributed by atoms with Gasteiger partial charge in [-0.3, -0.25) is 4.79 Å². The average Bonchev–Trinajstić information content (AvgIpc) is 3.11. The molecule has 0 radical (unpaired) electrons. The first-order valence-electron chi connectivity index (χ1n) is 9.55. The number of halogens is 1. The quantitative estimate of drug-likeness (QED) is 0.832. The van der Waals surface area contributed by atoms with Crippen molar-refractivity contribution >= 4 is 17.5 Å². The molecular formula is C20H29ClN2O2. The number of piperidine rings is 1. The van der Waals surface area contributed by atoms with E-state index >= 15 is 0 Å². The normalized spacial score (nSPS) is 21.2. The average molecular weight is 365 g/mol. The van der Waals surface area contributed by atoms with E-state index in [0.29, 0.717) is 10.8 Å². The van der Waals surface area contributed by atoms with Gasteiger partial charge in [0, 0.05) is 30.7 Å². The lowest BCUT2D eigenvalue weighted by atomic mass is 10.0. The summed E-state index contributed by atoms with van der Waals surface area (Å²) in [5.74, 6) is 1.53. The second kappa shape index (κ2) is 8.91. The molecule has 1 N–H and O–H groups in total. The molecule has 2 aliphatic rings. The van der Waals surface area contributed by atoms with Crippen LogP contribution in [0.4, 0.5) is 0 Å². The van der Waals surface area contributed by atoms with E-state index in [2.05, 4.69) is 10.2 Å². The molecule has 1 unspecified atom stereocenters. The van der Waals surface area contributed by atoms with Crippen LogP contribution in [0.25, 0.3) is 0 Å². The minimum atomic E-state index is -0.502. The molecule has 1 aromatic carbocycles. The molecule has 138 valence electrons. The number of hydrogen-bond acceptors (Lipinski definition) is 3. The summed E-state index contributed by atoms with van der Waals surface area (Å²) in [6.07, 6.45) is 7.17. The highest BCUT2D eigenvalue weighted by atomic mass is 35.5. The number of nitrogens with zero attached hydrogens (tertiary/aromatic N) is 1. The van der Waals surface area contributed by atoms with Crippen molar-refractivity contribution < 1.29 is 9.53 Å². The smallest absolute Gasteiger partial charge is 0.260 e. The Labute approximate surface area is 155 Å². The van der Waals surface area contributed by atoms with E-state index in [4.69, 9.17) is 16.3 Å². The third-order valence-corrected chi connectivity index (χ3v) is 5.67. The molecule has 0 bridgehead atoms. The molecule has 1 amide bonds. The predicted molar refractivity (Wildman–Crippen MR) is 101 cm³/mol. The van der Waals surface area contributed by atoms with Crippen LogP contribution in [0.2, 0.25) is 5.02 Å². The zero-order valence-electron chi connectivity index (χ0n) is 15.0. The highest BCUT2D eigenvalue weighted by Gasteiger charge is 2.25. The Bertz CT molecular complexity index is 549. The molecule has 0 spiro atoms. The lowest BCUT2D eigenvalue weighted by Gasteiger charge is -2.34. The van der Waals surface area contributed by atoms with E-state index in [1.165, 1.54) is 32.2 Å². The number of carbonyl (C=O) groups excluding carboxylic acids is 1. The molecule has 5 heteroatoms. The van der Waals surface area contributed by atoms with E-state index in [9.17, 15) is 4.79 Å². The maximum Gasteiger partial charge on any atom is 0.260 e. The largest absolute Gasteiger partial charge is 0.481 e. The molecule has 4 nitrogen and oxygen atoms in total. The molecule has 0 aromatic heterocycles. The van der Waals surface area contributed by atoms with Gasteiger partial charge < -0.3 is 15.0 Å². The van der Waals surface area contributed by atoms with E-state index in [1.807, 2.05) is 0 Å². The Balaban J connectivity index is 1.38. The lowest BCUT2D eigenvalue weighted by molar-refractivity contribution is -0.128. The zero-order valence-corrected chi connectivity index (χ0v) is 15.8. The maximum absolute atomic E-state index is 12.4. The highest BCUT2D eigenvalue weighted by molar-refractivity contribution is 6.30. The SMILES string of the molecule is CC(Oc1ccc(Cl)cc1)C(=O)NC1CCN(CC2CCCC2)CC1. The van der Waals surface area contributed by atoms with Crippen LogP contribution in [-0.2, 0) is 4.79 Å². The molecule has 1 atom stereocenters. The second-order valence-electron chi connectivity index (χ2n) is 7.45. The Morgan fingerprint density at radius 1 is 1.20 bits per heavy atom. The first-order valence-corrected chi connectivity index (χ1v) is 9.93. The van der Waals surface area contributed by atoms with Gasteiger partial charge in [0.15, 0.2) is 6.10 Å². The zero-order chi connectivity index (χ0) is 17.6. The van der Waals surface area contributed by atoms with E-state index in [-0.39, 0.29) is 11.9 Å². The standard InChI is InChI=1S/C20H29ClN2O2/c1-15(25-19-8-6-17(21)7-9-19)20(24)22-18-10-12-23(13-11-18)14-16-4-2-3-5-16/h6-9,15-16,18H,2-5,10-14H2,1H3,(H,22,24). The molecule has 2 fully saturated rings. The van der Waals surface area contributed by atoms with Gasteiger partial charge in [0.1, 0.15) is 5.75 Å². The van der Waals surface area contributed by atoms with Crippen molar-refractivity contribution in [3.63, 3.8) is 0 Å². The molecule has 1 saturated heterocycles. The minimum Gasteiger partial charge on any atom is -0.481 e.